The minimum atomic E-state index is -3.56. The summed E-state index contributed by atoms with van der Waals surface area (Å²) in [6.07, 6.45) is 5.70. The van der Waals surface area contributed by atoms with Gasteiger partial charge in [-0.2, -0.15) is 4.31 Å². The van der Waals surface area contributed by atoms with Crippen LogP contribution in [0.15, 0.2) is 53.4 Å². The Kier molecular flexibility index (Phi) is 6.38. The number of nitrogens with one attached hydrogen (secondary N) is 2. The van der Waals surface area contributed by atoms with Crippen molar-refractivity contribution in [2.24, 2.45) is 0 Å². The van der Waals surface area contributed by atoms with Crippen molar-refractivity contribution in [3.05, 3.63) is 59.9 Å². The molecule has 0 aliphatic heterocycles. The first-order chi connectivity index (χ1) is 14.9. The van der Waals surface area contributed by atoms with E-state index < -0.39 is 10.0 Å². The highest BCUT2D eigenvalue weighted by molar-refractivity contribution is 7.89. The zero-order chi connectivity index (χ0) is 21.8. The molecule has 3 aromatic rings. The number of imidazole rings is 1. The fourth-order valence-corrected chi connectivity index (χ4v) is 5.52. The molecule has 1 aliphatic carbocycles. The first-order valence-corrected chi connectivity index (χ1v) is 12.2. The highest BCUT2D eigenvalue weighted by Gasteiger charge is 2.29. The van der Waals surface area contributed by atoms with Crippen molar-refractivity contribution < 1.29 is 13.2 Å². The molecule has 2 N–H and O–H groups in total. The maximum Gasteiger partial charge on any atom is 0.251 e. The van der Waals surface area contributed by atoms with Crippen LogP contribution < -0.4 is 5.32 Å². The molecule has 1 fully saturated rings. The van der Waals surface area contributed by atoms with Crippen molar-refractivity contribution in [1.82, 2.24) is 19.6 Å². The third-order valence-corrected chi connectivity index (χ3v) is 7.89. The summed E-state index contributed by atoms with van der Waals surface area (Å²) in [6.45, 7) is 0.434. The fraction of sp³-hybridized carbons (Fsp3) is 0.391. The Morgan fingerprint density at radius 2 is 1.81 bits per heavy atom. The Hall–Kier alpha value is -2.71. The third-order valence-electron chi connectivity index (χ3n) is 5.97. The van der Waals surface area contributed by atoms with Crippen LogP contribution in [-0.2, 0) is 16.4 Å². The molecule has 1 saturated carbocycles. The molecule has 1 amide bonds. The number of rotatable bonds is 7. The number of carbonyl (C=O) groups is 1. The minimum absolute atomic E-state index is 0.0555. The number of nitrogens with zero attached hydrogens (tertiary/aromatic N) is 2. The number of benzene rings is 2. The molecule has 1 heterocycles. The molecule has 0 bridgehead atoms. The predicted octanol–water partition coefficient (Wildman–Crippen LogP) is 3.49. The Labute approximate surface area is 182 Å². The molecule has 2 aromatic carbocycles. The number of carbonyl (C=O) groups excluding carboxylic acids is 1. The highest BCUT2D eigenvalue weighted by Crippen LogP contribution is 2.26. The van der Waals surface area contributed by atoms with Gasteiger partial charge >= 0.3 is 0 Å². The van der Waals surface area contributed by atoms with Crippen LogP contribution in [0.25, 0.3) is 11.0 Å². The average molecular weight is 441 g/mol. The minimum Gasteiger partial charge on any atom is -0.352 e. The van der Waals surface area contributed by atoms with Crippen LogP contribution in [0.3, 0.4) is 0 Å². The van der Waals surface area contributed by atoms with Crippen molar-refractivity contribution in [1.29, 1.82) is 0 Å². The van der Waals surface area contributed by atoms with Gasteiger partial charge in [-0.05, 0) is 49.2 Å². The van der Waals surface area contributed by atoms with Gasteiger partial charge in [-0.1, -0.05) is 31.4 Å². The number of aromatic nitrogens is 2. The maximum absolute atomic E-state index is 12.9. The zero-order valence-electron chi connectivity index (χ0n) is 17.7. The van der Waals surface area contributed by atoms with E-state index in [0.29, 0.717) is 18.5 Å². The van der Waals surface area contributed by atoms with Crippen molar-refractivity contribution in [3.63, 3.8) is 0 Å². The first-order valence-electron chi connectivity index (χ1n) is 10.7. The van der Waals surface area contributed by atoms with Crippen LogP contribution in [-0.4, -0.2) is 48.2 Å². The predicted molar refractivity (Wildman–Crippen MR) is 120 cm³/mol. The molecule has 0 saturated heterocycles. The number of amides is 1. The molecular weight excluding hydrogens is 412 g/mol. The smallest absolute Gasteiger partial charge is 0.251 e. The highest BCUT2D eigenvalue weighted by atomic mass is 32.2. The van der Waals surface area contributed by atoms with Gasteiger partial charge in [-0.25, -0.2) is 13.4 Å². The number of sulfonamides is 1. The second-order valence-electron chi connectivity index (χ2n) is 8.04. The van der Waals surface area contributed by atoms with Crippen molar-refractivity contribution >= 4 is 27.0 Å². The lowest BCUT2D eigenvalue weighted by Gasteiger charge is -2.30. The van der Waals surface area contributed by atoms with Gasteiger partial charge < -0.3 is 10.3 Å². The molecule has 164 valence electrons. The van der Waals surface area contributed by atoms with Gasteiger partial charge in [0, 0.05) is 31.6 Å². The number of hydrogen-bond donors (Lipinski definition) is 2. The second kappa shape index (κ2) is 9.20. The normalized spacial score (nSPS) is 15.4. The summed E-state index contributed by atoms with van der Waals surface area (Å²) >= 11 is 0. The van der Waals surface area contributed by atoms with Crippen molar-refractivity contribution in [3.8, 4) is 0 Å². The average Bonchev–Trinajstić information content (AvgIpc) is 3.22. The quantitative estimate of drug-likeness (QED) is 0.588. The Morgan fingerprint density at radius 3 is 2.52 bits per heavy atom. The second-order valence-corrected chi connectivity index (χ2v) is 10.0. The van der Waals surface area contributed by atoms with E-state index in [1.165, 1.54) is 22.9 Å². The van der Waals surface area contributed by atoms with E-state index in [1.807, 2.05) is 24.3 Å². The van der Waals surface area contributed by atoms with E-state index in [9.17, 15) is 13.2 Å². The molecule has 4 rings (SSSR count). The van der Waals surface area contributed by atoms with Gasteiger partial charge in [-0.3, -0.25) is 4.79 Å². The van der Waals surface area contributed by atoms with E-state index in [0.717, 1.165) is 42.5 Å². The summed E-state index contributed by atoms with van der Waals surface area (Å²) in [6, 6.07) is 14.0. The van der Waals surface area contributed by atoms with Crippen molar-refractivity contribution in [2.45, 2.75) is 49.5 Å². The molecule has 0 unspecified atom stereocenters. The van der Waals surface area contributed by atoms with Gasteiger partial charge in [0.05, 0.1) is 15.9 Å². The molecule has 31 heavy (non-hydrogen) atoms. The molecule has 8 heteroatoms. The Morgan fingerprint density at radius 1 is 1.10 bits per heavy atom. The third kappa shape index (κ3) is 4.80. The van der Waals surface area contributed by atoms with Gasteiger partial charge in [0.2, 0.25) is 10.0 Å². The summed E-state index contributed by atoms with van der Waals surface area (Å²) in [5.41, 5.74) is 2.31. The van der Waals surface area contributed by atoms with Crippen molar-refractivity contribution in [2.75, 3.05) is 13.6 Å². The molecule has 0 atom stereocenters. The lowest BCUT2D eigenvalue weighted by molar-refractivity contribution is 0.0954. The standard InChI is InChI=1S/C23H28N4O3S/c1-27(18-7-3-2-4-8-18)31(29,30)19-13-11-17(12-14-19)23(28)24-16-15-22-25-20-9-5-6-10-21(20)26-22/h5-6,9-14,18H,2-4,7-8,15-16H2,1H3,(H,24,28)(H,25,26). The lowest BCUT2D eigenvalue weighted by atomic mass is 9.96. The first kappa shape index (κ1) is 21.5. The van der Waals surface area contributed by atoms with Gasteiger partial charge in [0.1, 0.15) is 5.82 Å². The summed E-state index contributed by atoms with van der Waals surface area (Å²) in [5, 5.41) is 2.87. The zero-order valence-corrected chi connectivity index (χ0v) is 18.5. The summed E-state index contributed by atoms with van der Waals surface area (Å²) < 4.78 is 27.4. The number of aromatic amines is 1. The molecule has 0 radical (unpaired) electrons. The van der Waals surface area contributed by atoms with Crippen LogP contribution >= 0.6 is 0 Å². The van der Waals surface area contributed by atoms with E-state index in [1.54, 1.807) is 19.2 Å². The van der Waals surface area contributed by atoms with Crippen LogP contribution in [0.1, 0.15) is 48.3 Å². The monoisotopic (exact) mass is 440 g/mol. The molecular formula is C23H28N4O3S. The Balaban J connectivity index is 1.35. The van der Waals surface area contributed by atoms with Crippen LogP contribution in [0.4, 0.5) is 0 Å². The van der Waals surface area contributed by atoms with E-state index in [-0.39, 0.29) is 16.8 Å². The molecule has 1 aliphatic rings. The van der Waals surface area contributed by atoms with Crippen LogP contribution in [0.2, 0.25) is 0 Å². The number of hydrogen-bond acceptors (Lipinski definition) is 4. The van der Waals surface area contributed by atoms with E-state index >= 15 is 0 Å². The molecule has 7 nitrogen and oxygen atoms in total. The summed E-state index contributed by atoms with van der Waals surface area (Å²) in [5.74, 6) is 0.578. The van der Waals surface area contributed by atoms with Crippen LogP contribution in [0.5, 0.6) is 0 Å². The van der Waals surface area contributed by atoms with Gasteiger partial charge in [0.25, 0.3) is 5.91 Å². The number of H-pyrrole nitrogens is 1. The Bertz CT molecular complexity index is 1120. The number of fused-ring (bicyclic) bond motifs is 1. The number of para-hydroxylation sites is 2. The van der Waals surface area contributed by atoms with Gasteiger partial charge in [0.15, 0.2) is 0 Å². The van der Waals surface area contributed by atoms with Gasteiger partial charge in [-0.15, -0.1) is 0 Å². The van der Waals surface area contributed by atoms with E-state index in [4.69, 9.17) is 0 Å². The lowest BCUT2D eigenvalue weighted by Crippen LogP contribution is -2.38. The summed E-state index contributed by atoms with van der Waals surface area (Å²) in [4.78, 5) is 20.4. The van der Waals surface area contributed by atoms with E-state index in [2.05, 4.69) is 15.3 Å². The molecule has 1 aromatic heterocycles. The topological polar surface area (TPSA) is 95.2 Å². The maximum atomic E-state index is 12.9. The molecule has 0 spiro atoms. The largest absolute Gasteiger partial charge is 0.352 e. The summed E-state index contributed by atoms with van der Waals surface area (Å²) in [7, 11) is -1.90. The fourth-order valence-electron chi connectivity index (χ4n) is 4.11. The SMILES string of the molecule is CN(C1CCCCC1)S(=O)(=O)c1ccc(C(=O)NCCc2nc3ccccc3[nH]2)cc1. The van der Waals surface area contributed by atoms with Crippen LogP contribution in [0, 0.1) is 0 Å².